The Hall–Kier alpha value is -3.66. The molecule has 9 nitrogen and oxygen atoms in total. The highest BCUT2D eigenvalue weighted by Gasteiger charge is 2.10. The number of non-ortho nitro benzene ring substituents is 1. The summed E-state index contributed by atoms with van der Waals surface area (Å²) in [5.74, 6) is -1.91. The van der Waals surface area contributed by atoms with Crippen LogP contribution >= 0.6 is 11.8 Å². The Balaban J connectivity index is 1.86. The van der Waals surface area contributed by atoms with Crippen molar-refractivity contribution in [2.75, 3.05) is 16.4 Å². The predicted octanol–water partition coefficient (Wildman–Crippen LogP) is 3.21. The summed E-state index contributed by atoms with van der Waals surface area (Å²) in [6, 6.07) is 10.9. The number of nitrogens with zero attached hydrogens (tertiary/aromatic N) is 1. The van der Waals surface area contributed by atoms with E-state index < -0.39 is 16.8 Å². The highest BCUT2D eigenvalue weighted by atomic mass is 32.2. The van der Waals surface area contributed by atoms with Crippen LogP contribution < -0.4 is 10.6 Å². The van der Waals surface area contributed by atoms with Crippen molar-refractivity contribution in [1.29, 1.82) is 0 Å². The number of nitro groups is 1. The Bertz CT molecular complexity index is 972. The lowest BCUT2D eigenvalue weighted by molar-refractivity contribution is -0.384. The smallest absolute Gasteiger partial charge is 0.328 e. The Labute approximate surface area is 170 Å². The van der Waals surface area contributed by atoms with E-state index in [2.05, 4.69) is 10.6 Å². The van der Waals surface area contributed by atoms with Crippen molar-refractivity contribution in [3.05, 3.63) is 70.3 Å². The maximum absolute atomic E-state index is 12.1. The number of carboxylic acid groups (broad SMARTS) is 1. The quantitative estimate of drug-likeness (QED) is 0.260. The van der Waals surface area contributed by atoms with Crippen LogP contribution in [0.2, 0.25) is 0 Å². The van der Waals surface area contributed by atoms with Gasteiger partial charge in [0, 0.05) is 40.6 Å². The summed E-state index contributed by atoms with van der Waals surface area (Å²) in [4.78, 5) is 45.1. The first kappa shape index (κ1) is 21.6. The van der Waals surface area contributed by atoms with Gasteiger partial charge < -0.3 is 15.7 Å². The SMILES string of the molecule is Cc1cc([N+](=O)[O-])ccc1NC(=O)CSc1ccc(NC(=O)/C=C/C(=O)O)cc1. The fraction of sp³-hybridized carbons (Fsp3) is 0.105. The van der Waals surface area contributed by atoms with Gasteiger partial charge in [0.1, 0.15) is 0 Å². The van der Waals surface area contributed by atoms with E-state index in [0.717, 1.165) is 17.0 Å². The summed E-state index contributed by atoms with van der Waals surface area (Å²) in [6.45, 7) is 1.68. The van der Waals surface area contributed by atoms with E-state index in [1.165, 1.54) is 30.0 Å². The minimum atomic E-state index is -1.21. The van der Waals surface area contributed by atoms with Crippen molar-refractivity contribution in [2.45, 2.75) is 11.8 Å². The van der Waals surface area contributed by atoms with Crippen molar-refractivity contribution in [3.8, 4) is 0 Å². The van der Waals surface area contributed by atoms with Gasteiger partial charge in [-0.3, -0.25) is 19.7 Å². The molecule has 0 aliphatic carbocycles. The van der Waals surface area contributed by atoms with Crippen LogP contribution in [0.5, 0.6) is 0 Å². The molecule has 0 radical (unpaired) electrons. The van der Waals surface area contributed by atoms with Crippen LogP contribution in [-0.4, -0.2) is 33.6 Å². The van der Waals surface area contributed by atoms with Crippen molar-refractivity contribution in [2.24, 2.45) is 0 Å². The average Bonchev–Trinajstić information content (AvgIpc) is 2.67. The van der Waals surface area contributed by atoms with Gasteiger partial charge in [-0.1, -0.05) is 0 Å². The van der Waals surface area contributed by atoms with Gasteiger partial charge in [0.15, 0.2) is 0 Å². The van der Waals surface area contributed by atoms with Gasteiger partial charge in [-0.25, -0.2) is 4.79 Å². The van der Waals surface area contributed by atoms with Crippen LogP contribution in [0.15, 0.2) is 59.5 Å². The first-order valence-electron chi connectivity index (χ1n) is 8.24. The molecule has 0 bridgehead atoms. The Morgan fingerprint density at radius 2 is 1.79 bits per heavy atom. The number of hydrogen-bond donors (Lipinski definition) is 3. The van der Waals surface area contributed by atoms with Crippen LogP contribution in [-0.2, 0) is 14.4 Å². The topological polar surface area (TPSA) is 139 Å². The molecule has 3 N–H and O–H groups in total. The number of thioether (sulfide) groups is 1. The van der Waals surface area contributed by atoms with Gasteiger partial charge in [0.25, 0.3) is 5.69 Å². The zero-order valence-corrected chi connectivity index (χ0v) is 16.1. The summed E-state index contributed by atoms with van der Waals surface area (Å²) in [5, 5.41) is 24.5. The summed E-state index contributed by atoms with van der Waals surface area (Å²) in [6.07, 6.45) is 1.65. The minimum absolute atomic E-state index is 0.0412. The molecule has 0 heterocycles. The zero-order chi connectivity index (χ0) is 21.4. The van der Waals surface area contributed by atoms with E-state index in [1.807, 2.05) is 0 Å². The average molecular weight is 415 g/mol. The van der Waals surface area contributed by atoms with Crippen LogP contribution in [0.1, 0.15) is 5.56 Å². The van der Waals surface area contributed by atoms with Gasteiger partial charge in [0.05, 0.1) is 10.7 Å². The lowest BCUT2D eigenvalue weighted by Crippen LogP contribution is -2.14. The van der Waals surface area contributed by atoms with E-state index in [0.29, 0.717) is 16.9 Å². The molecule has 150 valence electrons. The molecular formula is C19H17N3O6S. The number of aliphatic carboxylic acids is 1. The summed E-state index contributed by atoms with van der Waals surface area (Å²) in [7, 11) is 0. The molecule has 2 amide bonds. The number of nitro benzene ring substituents is 1. The molecule has 0 spiro atoms. The van der Waals surface area contributed by atoms with Gasteiger partial charge >= 0.3 is 5.97 Å². The second kappa shape index (κ2) is 10.0. The number of aryl methyl sites for hydroxylation is 1. The first-order chi connectivity index (χ1) is 13.7. The molecular weight excluding hydrogens is 398 g/mol. The van der Waals surface area contributed by atoms with Crippen LogP contribution in [0.3, 0.4) is 0 Å². The molecule has 2 rings (SSSR count). The standard InChI is InChI=1S/C19H17N3O6S/c1-12-10-14(22(27)28)4-7-16(12)21-18(24)11-29-15-5-2-13(3-6-15)20-17(23)8-9-19(25)26/h2-10H,11H2,1H3,(H,20,23)(H,21,24)(H,25,26)/b9-8+. The molecule has 29 heavy (non-hydrogen) atoms. The molecule has 0 fully saturated rings. The van der Waals surface area contributed by atoms with E-state index in [1.54, 1.807) is 31.2 Å². The van der Waals surface area contributed by atoms with Gasteiger partial charge in [-0.05, 0) is 42.8 Å². The van der Waals surface area contributed by atoms with Gasteiger partial charge in [-0.2, -0.15) is 0 Å². The van der Waals surface area contributed by atoms with E-state index in [9.17, 15) is 24.5 Å². The van der Waals surface area contributed by atoms with Crippen molar-refractivity contribution >= 4 is 46.6 Å². The fourth-order valence-corrected chi connectivity index (χ4v) is 2.90. The number of amides is 2. The predicted molar refractivity (Wildman–Crippen MR) is 109 cm³/mol. The summed E-state index contributed by atoms with van der Waals surface area (Å²) < 4.78 is 0. The Morgan fingerprint density at radius 3 is 2.38 bits per heavy atom. The Kier molecular flexibility index (Phi) is 7.49. The maximum atomic E-state index is 12.1. The number of rotatable bonds is 8. The van der Waals surface area contributed by atoms with Gasteiger partial charge in [0.2, 0.25) is 11.8 Å². The Morgan fingerprint density at radius 1 is 1.10 bits per heavy atom. The first-order valence-corrected chi connectivity index (χ1v) is 9.23. The number of carbonyl (C=O) groups excluding carboxylic acids is 2. The van der Waals surface area contributed by atoms with E-state index in [4.69, 9.17) is 5.11 Å². The zero-order valence-electron chi connectivity index (χ0n) is 15.2. The molecule has 2 aromatic carbocycles. The van der Waals surface area contributed by atoms with Crippen molar-refractivity contribution < 1.29 is 24.4 Å². The molecule has 0 unspecified atom stereocenters. The van der Waals surface area contributed by atoms with Crippen molar-refractivity contribution in [3.63, 3.8) is 0 Å². The lowest BCUT2D eigenvalue weighted by atomic mass is 10.2. The summed E-state index contributed by atoms with van der Waals surface area (Å²) >= 11 is 1.28. The normalized spacial score (nSPS) is 10.5. The number of hydrogen-bond acceptors (Lipinski definition) is 6. The summed E-state index contributed by atoms with van der Waals surface area (Å²) in [5.41, 5.74) is 1.55. The molecule has 2 aromatic rings. The molecule has 0 aliphatic heterocycles. The highest BCUT2D eigenvalue weighted by molar-refractivity contribution is 8.00. The third-order valence-corrected chi connectivity index (χ3v) is 4.58. The second-order valence-corrected chi connectivity index (χ2v) is 6.83. The third kappa shape index (κ3) is 7.11. The molecule has 0 atom stereocenters. The largest absolute Gasteiger partial charge is 0.478 e. The number of carbonyl (C=O) groups is 3. The van der Waals surface area contributed by atoms with Gasteiger partial charge in [-0.15, -0.1) is 11.8 Å². The van der Waals surface area contributed by atoms with Crippen LogP contribution in [0.25, 0.3) is 0 Å². The molecule has 0 saturated carbocycles. The molecule has 10 heteroatoms. The van der Waals surface area contributed by atoms with E-state index in [-0.39, 0.29) is 17.3 Å². The minimum Gasteiger partial charge on any atom is -0.478 e. The third-order valence-electron chi connectivity index (χ3n) is 3.56. The number of anilines is 2. The monoisotopic (exact) mass is 415 g/mol. The highest BCUT2D eigenvalue weighted by Crippen LogP contribution is 2.23. The van der Waals surface area contributed by atoms with Crippen molar-refractivity contribution in [1.82, 2.24) is 0 Å². The van der Waals surface area contributed by atoms with Crippen LogP contribution in [0.4, 0.5) is 17.1 Å². The fourth-order valence-electron chi connectivity index (χ4n) is 2.20. The second-order valence-electron chi connectivity index (χ2n) is 5.78. The maximum Gasteiger partial charge on any atom is 0.328 e. The number of nitrogens with one attached hydrogen (secondary N) is 2. The molecule has 0 aromatic heterocycles. The lowest BCUT2D eigenvalue weighted by Gasteiger charge is -2.08. The molecule has 0 aliphatic rings. The number of benzene rings is 2. The number of carboxylic acids is 1. The van der Waals surface area contributed by atoms with E-state index >= 15 is 0 Å². The van der Waals surface area contributed by atoms with Crippen LogP contribution in [0, 0.1) is 17.0 Å². The molecule has 0 saturated heterocycles.